The van der Waals surface area contributed by atoms with E-state index in [1.807, 2.05) is 33.8 Å². The number of pyridine rings is 1. The first-order chi connectivity index (χ1) is 7.72. The molecule has 2 heterocycles. The van der Waals surface area contributed by atoms with Crippen LogP contribution in [0.3, 0.4) is 0 Å². The highest BCUT2D eigenvalue weighted by Gasteiger charge is 2.00. The Morgan fingerprint density at radius 2 is 2.31 bits per heavy atom. The van der Waals surface area contributed by atoms with Crippen molar-refractivity contribution in [3.63, 3.8) is 0 Å². The van der Waals surface area contributed by atoms with Gasteiger partial charge in [0.05, 0.1) is 0 Å². The number of nitrogens with zero attached hydrogens (tertiary/aromatic N) is 4. The van der Waals surface area contributed by atoms with Gasteiger partial charge in [-0.3, -0.25) is 8.52 Å². The Morgan fingerprint density at radius 3 is 2.94 bits per heavy atom. The maximum Gasteiger partial charge on any atom is 0.209 e. The van der Waals surface area contributed by atoms with E-state index in [1.54, 1.807) is 6.20 Å². The number of hydrogen-bond donors (Lipinski definition) is 0. The van der Waals surface area contributed by atoms with Gasteiger partial charge in [-0.15, -0.1) is 0 Å². The summed E-state index contributed by atoms with van der Waals surface area (Å²) in [5.41, 5.74) is 0. The minimum absolute atomic E-state index is 0.710. The standard InChI is InChI=1S/C10H12N4S2/c1-3-14-9(16-13(2)10(14)15)12-8-6-4-5-7-11-8/h4-7H,3H2,1-2H3/b12-9-. The summed E-state index contributed by atoms with van der Waals surface area (Å²) < 4.78 is 4.72. The van der Waals surface area contributed by atoms with Crippen molar-refractivity contribution in [2.45, 2.75) is 13.5 Å². The van der Waals surface area contributed by atoms with Crippen molar-refractivity contribution in [3.05, 3.63) is 34.0 Å². The summed E-state index contributed by atoms with van der Waals surface area (Å²) in [4.78, 5) is 9.53. The highest BCUT2D eigenvalue weighted by Crippen LogP contribution is 2.04. The molecule has 0 aliphatic rings. The molecule has 16 heavy (non-hydrogen) atoms. The molecule has 0 aromatic carbocycles. The van der Waals surface area contributed by atoms with Crippen molar-refractivity contribution >= 4 is 29.6 Å². The van der Waals surface area contributed by atoms with Crippen molar-refractivity contribution in [2.24, 2.45) is 12.0 Å². The van der Waals surface area contributed by atoms with E-state index in [-0.39, 0.29) is 0 Å². The number of aromatic nitrogens is 3. The van der Waals surface area contributed by atoms with Crippen molar-refractivity contribution in [1.29, 1.82) is 0 Å². The first-order valence-corrected chi connectivity index (χ1v) is 6.13. The maximum atomic E-state index is 5.29. The summed E-state index contributed by atoms with van der Waals surface area (Å²) in [6.07, 6.45) is 1.73. The van der Waals surface area contributed by atoms with Crippen molar-refractivity contribution in [1.82, 2.24) is 13.5 Å². The van der Waals surface area contributed by atoms with Gasteiger partial charge in [0.2, 0.25) is 4.80 Å². The largest absolute Gasteiger partial charge is 0.293 e. The van der Waals surface area contributed by atoms with Crippen molar-refractivity contribution in [3.8, 4) is 0 Å². The Labute approximate surface area is 103 Å². The fraction of sp³-hybridized carbons (Fsp3) is 0.300. The predicted octanol–water partition coefficient (Wildman–Crippen LogP) is 2.26. The second-order valence-corrected chi connectivity index (χ2v) is 4.66. The molecule has 0 N–H and O–H groups in total. The van der Waals surface area contributed by atoms with Crippen LogP contribution in [0.5, 0.6) is 0 Å². The van der Waals surface area contributed by atoms with Gasteiger partial charge in [0.25, 0.3) is 0 Å². The fourth-order valence-corrected chi connectivity index (χ4v) is 2.59. The second kappa shape index (κ2) is 4.71. The molecule has 0 radical (unpaired) electrons. The SMILES string of the molecule is CCn1c(=S)n(C)s/c1=N\c1ccccn1. The third-order valence-corrected chi connectivity index (χ3v) is 3.66. The first kappa shape index (κ1) is 11.2. The number of aryl methyl sites for hydroxylation is 1. The van der Waals surface area contributed by atoms with Gasteiger partial charge in [-0.05, 0) is 42.8 Å². The van der Waals surface area contributed by atoms with Crippen LogP contribution in [0.2, 0.25) is 0 Å². The molecule has 4 nitrogen and oxygen atoms in total. The summed E-state index contributed by atoms with van der Waals surface area (Å²) in [6, 6.07) is 5.67. The van der Waals surface area contributed by atoms with Gasteiger partial charge in [-0.2, -0.15) is 4.99 Å². The van der Waals surface area contributed by atoms with Gasteiger partial charge in [0, 0.05) is 19.8 Å². The minimum Gasteiger partial charge on any atom is -0.293 e. The molecule has 84 valence electrons. The molecule has 2 rings (SSSR count). The smallest absolute Gasteiger partial charge is 0.209 e. The Bertz CT molecular complexity index is 591. The third kappa shape index (κ3) is 2.12. The van der Waals surface area contributed by atoms with Crippen molar-refractivity contribution < 1.29 is 0 Å². The molecule has 2 aromatic rings. The molecule has 0 saturated carbocycles. The molecule has 0 unspecified atom stereocenters. The molecular formula is C10H12N4S2. The summed E-state index contributed by atoms with van der Waals surface area (Å²) in [5, 5.41) is 0. The van der Waals surface area contributed by atoms with Crippen LogP contribution >= 0.6 is 23.8 Å². The fourth-order valence-electron chi connectivity index (χ4n) is 1.33. The topological polar surface area (TPSA) is 35.1 Å². The molecular weight excluding hydrogens is 240 g/mol. The lowest BCUT2D eigenvalue weighted by Crippen LogP contribution is -2.13. The van der Waals surface area contributed by atoms with Crippen LogP contribution in [0.15, 0.2) is 29.4 Å². The van der Waals surface area contributed by atoms with Crippen LogP contribution in [-0.2, 0) is 13.6 Å². The molecule has 0 saturated heterocycles. The van der Waals surface area contributed by atoms with Crippen LogP contribution in [0.4, 0.5) is 5.82 Å². The van der Waals surface area contributed by atoms with Gasteiger partial charge in [-0.25, -0.2) is 4.98 Å². The summed E-state index contributed by atoms with van der Waals surface area (Å²) in [5.74, 6) is 0.710. The van der Waals surface area contributed by atoms with E-state index in [9.17, 15) is 0 Å². The van der Waals surface area contributed by atoms with Crippen LogP contribution < -0.4 is 4.80 Å². The lowest BCUT2D eigenvalue weighted by molar-refractivity contribution is 0.695. The van der Waals surface area contributed by atoms with E-state index in [0.29, 0.717) is 5.82 Å². The zero-order valence-corrected chi connectivity index (χ0v) is 10.8. The van der Waals surface area contributed by atoms with E-state index in [1.165, 1.54) is 11.5 Å². The van der Waals surface area contributed by atoms with Gasteiger partial charge in [-0.1, -0.05) is 6.07 Å². The van der Waals surface area contributed by atoms with Gasteiger partial charge < -0.3 is 0 Å². The highest BCUT2D eigenvalue weighted by atomic mass is 32.1. The van der Waals surface area contributed by atoms with Crippen LogP contribution in [0.25, 0.3) is 0 Å². The lowest BCUT2D eigenvalue weighted by atomic mass is 10.5. The van der Waals surface area contributed by atoms with E-state index in [2.05, 4.69) is 16.9 Å². The quantitative estimate of drug-likeness (QED) is 0.769. The first-order valence-electron chi connectivity index (χ1n) is 4.95. The number of rotatable bonds is 2. The average Bonchev–Trinajstić information content (AvgIpc) is 2.56. The molecule has 0 amide bonds. The summed E-state index contributed by atoms with van der Waals surface area (Å²) in [6.45, 7) is 2.88. The second-order valence-electron chi connectivity index (χ2n) is 3.20. The molecule has 0 atom stereocenters. The molecule has 0 aliphatic heterocycles. The Morgan fingerprint density at radius 1 is 1.50 bits per heavy atom. The summed E-state index contributed by atoms with van der Waals surface area (Å²) in [7, 11) is 1.94. The normalized spacial score (nSPS) is 12.0. The molecule has 2 aromatic heterocycles. The minimum atomic E-state index is 0.710. The van der Waals surface area contributed by atoms with Crippen LogP contribution in [-0.4, -0.2) is 13.5 Å². The predicted molar refractivity (Wildman–Crippen MR) is 67.2 cm³/mol. The van der Waals surface area contributed by atoms with Gasteiger partial charge in [0.15, 0.2) is 10.6 Å². The Hall–Kier alpha value is -1.27. The van der Waals surface area contributed by atoms with Crippen molar-refractivity contribution in [2.75, 3.05) is 0 Å². The van der Waals surface area contributed by atoms with Crippen LogP contribution in [0.1, 0.15) is 6.92 Å². The van der Waals surface area contributed by atoms with E-state index in [0.717, 1.165) is 16.1 Å². The maximum absolute atomic E-state index is 5.29. The molecule has 6 heteroatoms. The zero-order chi connectivity index (χ0) is 11.5. The monoisotopic (exact) mass is 252 g/mol. The van der Waals surface area contributed by atoms with Gasteiger partial charge in [0.1, 0.15) is 0 Å². The average molecular weight is 252 g/mol. The number of hydrogen-bond acceptors (Lipinski definition) is 4. The van der Waals surface area contributed by atoms with E-state index < -0.39 is 0 Å². The highest BCUT2D eigenvalue weighted by molar-refractivity contribution is 7.71. The molecule has 0 aliphatic carbocycles. The Balaban J connectivity index is 2.61. The zero-order valence-electron chi connectivity index (χ0n) is 9.12. The molecule has 0 bridgehead atoms. The summed E-state index contributed by atoms with van der Waals surface area (Å²) >= 11 is 6.81. The van der Waals surface area contributed by atoms with E-state index >= 15 is 0 Å². The lowest BCUT2D eigenvalue weighted by Gasteiger charge is -1.94. The van der Waals surface area contributed by atoms with Gasteiger partial charge >= 0.3 is 0 Å². The molecule has 0 spiro atoms. The Kier molecular flexibility index (Phi) is 3.31. The van der Waals surface area contributed by atoms with E-state index in [4.69, 9.17) is 12.2 Å². The van der Waals surface area contributed by atoms with Crippen LogP contribution in [0, 0.1) is 4.77 Å². The third-order valence-electron chi connectivity index (χ3n) is 2.13. The molecule has 0 fully saturated rings.